The quantitative estimate of drug-likeness (QED) is 0.234. The fourth-order valence-electron chi connectivity index (χ4n) is 0.275. The van der Waals surface area contributed by atoms with Crippen molar-refractivity contribution >= 4 is 61.0 Å². The standard InChI is InChI=1S/H5NO9S3.Na.H/c1-11(2,9-12(3,4)5)10-13(6,7)8;;/h11H,(H2,1,2)(H,3,4,5)(H,6,7,8);;. The molecule has 14 heteroatoms. The number of hydrogen-bond donors (Lipinski definition) is 4. The van der Waals surface area contributed by atoms with Crippen LogP contribution in [0.15, 0.2) is 0 Å². The van der Waals surface area contributed by atoms with E-state index in [1.165, 1.54) is 0 Å². The van der Waals surface area contributed by atoms with E-state index in [2.05, 4.69) is 12.4 Å². The second kappa shape index (κ2) is 5.26. The van der Waals surface area contributed by atoms with Crippen molar-refractivity contribution in [3.8, 4) is 0 Å². The summed E-state index contributed by atoms with van der Waals surface area (Å²) in [6.07, 6.45) is 0. The Kier molecular flexibility index (Phi) is 6.48. The van der Waals surface area contributed by atoms with Crippen LogP contribution in [-0.4, -0.2) is 59.7 Å². The van der Waals surface area contributed by atoms with Gasteiger partial charge in [-0.1, -0.05) is 0 Å². The normalized spacial score (nSPS) is 14.5. The van der Waals surface area contributed by atoms with Crippen LogP contribution in [0.5, 0.6) is 0 Å². The second-order valence-corrected chi connectivity index (χ2v) is 5.53. The van der Waals surface area contributed by atoms with E-state index in [-0.39, 0.29) is 29.6 Å². The molecule has 0 aromatic rings. The van der Waals surface area contributed by atoms with Crippen molar-refractivity contribution in [1.82, 2.24) is 0 Å². The molecule has 0 aromatic heterocycles. The molecule has 0 amide bonds. The first-order chi connectivity index (χ1) is 5.41. The molecule has 4 N–H and O–H groups in total. The van der Waals surface area contributed by atoms with Crippen LogP contribution in [0, 0.1) is 0 Å². The molecule has 0 heterocycles. The molecule has 0 aliphatic heterocycles. The molecule has 10 nitrogen and oxygen atoms in total. The molecule has 0 rings (SSSR count). The Morgan fingerprint density at radius 2 is 1.21 bits per heavy atom. The summed E-state index contributed by atoms with van der Waals surface area (Å²) in [6, 6.07) is 0. The van der Waals surface area contributed by atoms with Crippen molar-refractivity contribution < 1.29 is 37.4 Å². The average molecular weight is 283 g/mol. The van der Waals surface area contributed by atoms with Crippen molar-refractivity contribution in [3.05, 3.63) is 0 Å². The summed E-state index contributed by atoms with van der Waals surface area (Å²) in [7, 11) is -15.6. The monoisotopic (exact) mass is 283 g/mol. The van der Waals surface area contributed by atoms with Gasteiger partial charge in [0.25, 0.3) is 0 Å². The minimum absolute atomic E-state index is 0. The second-order valence-electron chi connectivity index (χ2n) is 1.54. The van der Waals surface area contributed by atoms with Crippen LogP contribution in [0.4, 0.5) is 0 Å². The molecule has 84 valence electrons. The van der Waals surface area contributed by atoms with Crippen molar-refractivity contribution in [3.63, 3.8) is 0 Å². The average Bonchev–Trinajstić information content (AvgIpc) is 1.43. The van der Waals surface area contributed by atoms with Gasteiger partial charge >= 0.3 is 50.4 Å². The van der Waals surface area contributed by atoms with Gasteiger partial charge in [0.15, 0.2) is 10.7 Å². The van der Waals surface area contributed by atoms with E-state index in [0.29, 0.717) is 0 Å². The maximum absolute atomic E-state index is 10.5. The zero-order valence-electron chi connectivity index (χ0n) is 5.59. The van der Waals surface area contributed by atoms with Crippen molar-refractivity contribution in [2.45, 2.75) is 0 Å². The predicted molar refractivity (Wildman–Crippen MR) is 46.1 cm³/mol. The Morgan fingerprint density at radius 1 is 1.00 bits per heavy atom. The molecule has 0 spiro atoms. The fraction of sp³-hybridized carbons (Fsp3) is 0. The van der Waals surface area contributed by atoms with Gasteiger partial charge in [0.05, 0.1) is 0 Å². The van der Waals surface area contributed by atoms with E-state index in [0.717, 1.165) is 0 Å². The van der Waals surface area contributed by atoms with E-state index >= 15 is 0 Å². The predicted octanol–water partition coefficient (Wildman–Crippen LogP) is -3.30. The Hall–Kier alpha value is 0.850. The Balaban J connectivity index is 0. The molecule has 14 heavy (non-hydrogen) atoms. The van der Waals surface area contributed by atoms with Crippen LogP contribution >= 0.6 is 0 Å². The van der Waals surface area contributed by atoms with Gasteiger partial charge in [-0.05, 0) is 0 Å². The topological polar surface area (TPSA) is 170 Å². The molecule has 0 bridgehead atoms. The molecular weight excluding hydrogens is 277 g/mol. The number of rotatable bonds is 4. The van der Waals surface area contributed by atoms with Crippen molar-refractivity contribution in [2.75, 3.05) is 0 Å². The first-order valence-electron chi connectivity index (χ1n) is 2.17. The van der Waals surface area contributed by atoms with Gasteiger partial charge in [0.1, 0.15) is 0 Å². The number of nitrogens with two attached hydrogens (primary N) is 1. The summed E-state index contributed by atoms with van der Waals surface area (Å²) in [6.45, 7) is 0. The van der Waals surface area contributed by atoms with Gasteiger partial charge in [-0.15, -0.1) is 7.26 Å². The zero-order valence-corrected chi connectivity index (χ0v) is 8.12. The third-order valence-corrected chi connectivity index (χ3v) is 3.57. The Morgan fingerprint density at radius 3 is 1.36 bits per heavy atom. The Labute approximate surface area is 103 Å². The zero-order chi connectivity index (χ0) is 10.9. The van der Waals surface area contributed by atoms with Crippen LogP contribution in [0.2, 0.25) is 0 Å². The number of thiol groups is 1. The van der Waals surface area contributed by atoms with E-state index in [4.69, 9.17) is 9.11 Å². The summed E-state index contributed by atoms with van der Waals surface area (Å²) < 4.78 is 71.9. The van der Waals surface area contributed by atoms with E-state index in [9.17, 15) is 21.0 Å². The summed E-state index contributed by atoms with van der Waals surface area (Å²) in [5.74, 6) is 0. The summed E-state index contributed by atoms with van der Waals surface area (Å²) in [5.41, 5.74) is 0. The first-order valence-corrected chi connectivity index (χ1v) is 6.51. The van der Waals surface area contributed by atoms with Gasteiger partial charge in [-0.25, -0.2) is 9.35 Å². The van der Waals surface area contributed by atoms with Crippen LogP contribution in [0.1, 0.15) is 0 Å². The van der Waals surface area contributed by atoms with Gasteiger partial charge in [0.2, 0.25) is 0 Å². The van der Waals surface area contributed by atoms with Gasteiger partial charge in [-0.2, -0.15) is 16.8 Å². The third kappa shape index (κ3) is 10.9. The number of hydrogen-bond acceptors (Lipinski definition) is 7. The van der Waals surface area contributed by atoms with Crippen LogP contribution in [0.3, 0.4) is 0 Å². The van der Waals surface area contributed by atoms with E-state index in [1.807, 2.05) is 0 Å². The van der Waals surface area contributed by atoms with E-state index < -0.39 is 31.5 Å². The first kappa shape index (κ1) is 17.3. The molecule has 0 fully saturated rings. The van der Waals surface area contributed by atoms with Gasteiger partial charge in [-0.3, -0.25) is 9.11 Å². The van der Waals surface area contributed by atoms with Crippen molar-refractivity contribution in [1.29, 1.82) is 0 Å². The van der Waals surface area contributed by atoms with Crippen molar-refractivity contribution in [2.24, 2.45) is 5.14 Å². The molecule has 0 saturated carbocycles. The fourth-order valence-corrected chi connectivity index (χ4v) is 2.70. The molecule has 0 atom stereocenters. The summed E-state index contributed by atoms with van der Waals surface area (Å²) in [5, 5.41) is 4.32. The molecule has 0 saturated heterocycles. The van der Waals surface area contributed by atoms with Crippen LogP contribution in [0.25, 0.3) is 0 Å². The maximum atomic E-state index is 10.5. The Bertz CT molecular complexity index is 377. The molecule has 0 unspecified atom stereocenters. The summed E-state index contributed by atoms with van der Waals surface area (Å²) in [4.78, 5) is 0. The molecule has 0 radical (unpaired) electrons. The molecule has 0 aliphatic rings. The van der Waals surface area contributed by atoms with Crippen LogP contribution < -0.4 is 5.14 Å². The van der Waals surface area contributed by atoms with Gasteiger partial charge < -0.3 is 0 Å². The SMILES string of the molecule is N[SH](=O)(OS(=O)(=O)O)OS(=O)(=O)O.[NaH]. The molecular formula is H6NNaO9S3. The third-order valence-electron chi connectivity index (χ3n) is 0.396. The summed E-state index contributed by atoms with van der Waals surface area (Å²) >= 11 is 0. The minimum atomic E-state index is -5.24. The van der Waals surface area contributed by atoms with Crippen LogP contribution in [-0.2, 0) is 38.7 Å². The molecule has 0 aliphatic carbocycles. The molecule has 0 aromatic carbocycles. The van der Waals surface area contributed by atoms with E-state index in [1.54, 1.807) is 0 Å². The van der Waals surface area contributed by atoms with Gasteiger partial charge in [0, 0.05) is 0 Å².